The molecule has 0 aliphatic rings. The Labute approximate surface area is 112 Å². The lowest BCUT2D eigenvalue weighted by Gasteiger charge is -2.33. The molecule has 13 heteroatoms. The van der Waals surface area contributed by atoms with Crippen LogP contribution in [-0.2, 0) is 9.84 Å². The highest BCUT2D eigenvalue weighted by atomic mass is 32.2. The first kappa shape index (κ1) is 19.8. The van der Waals surface area contributed by atoms with Gasteiger partial charge in [-0.3, -0.25) is 4.85 Å². The number of hydrogen-bond donors (Lipinski definition) is 0. The summed E-state index contributed by atoms with van der Waals surface area (Å²) in [6, 6.07) is 0. The molecule has 0 bridgehead atoms. The zero-order valence-electron chi connectivity index (χ0n) is 9.69. The number of alkyl halides is 9. The Morgan fingerprint density at radius 3 is 1.62 bits per heavy atom. The molecule has 0 saturated carbocycles. The average molecular weight is 351 g/mol. The molecule has 0 rings (SSSR count). The van der Waals surface area contributed by atoms with Crippen LogP contribution in [0.4, 0.5) is 39.5 Å². The second kappa shape index (κ2) is 5.54. The van der Waals surface area contributed by atoms with Crippen molar-refractivity contribution in [3.63, 3.8) is 0 Å². The molecule has 0 aromatic heterocycles. The van der Waals surface area contributed by atoms with E-state index >= 15 is 0 Å². The maximum absolute atomic E-state index is 12.9. The standard InChI is InChI=1S/C8H6F9NO2S/c1-18-4-21(19,20)3-2-5(9,10)6(11,12)7(13,14)8(15,16)17/h2-4H2. The lowest BCUT2D eigenvalue weighted by Crippen LogP contribution is -2.61. The topological polar surface area (TPSA) is 38.5 Å². The fraction of sp³-hybridized carbons (Fsp3) is 0.875. The molecule has 0 amide bonds. The van der Waals surface area contributed by atoms with Gasteiger partial charge in [0.25, 0.3) is 0 Å². The molecule has 0 saturated heterocycles. The van der Waals surface area contributed by atoms with Crippen molar-refractivity contribution in [2.24, 2.45) is 0 Å². The predicted octanol–water partition coefficient (Wildman–Crippen LogP) is 3.14. The highest BCUT2D eigenvalue weighted by Gasteiger charge is 2.81. The highest BCUT2D eigenvalue weighted by molar-refractivity contribution is 7.91. The van der Waals surface area contributed by atoms with Gasteiger partial charge in [0.05, 0.1) is 5.75 Å². The Morgan fingerprint density at radius 1 is 0.857 bits per heavy atom. The molecule has 0 N–H and O–H groups in total. The Balaban J connectivity index is 5.38. The second-order valence-electron chi connectivity index (χ2n) is 3.84. The summed E-state index contributed by atoms with van der Waals surface area (Å²) in [5.74, 6) is -23.1. The van der Waals surface area contributed by atoms with Crippen molar-refractivity contribution in [3.05, 3.63) is 11.4 Å². The van der Waals surface area contributed by atoms with Gasteiger partial charge in [-0.05, 0) is 0 Å². The summed E-state index contributed by atoms with van der Waals surface area (Å²) in [5, 5.41) is 0. The Morgan fingerprint density at radius 2 is 1.29 bits per heavy atom. The summed E-state index contributed by atoms with van der Waals surface area (Å²) >= 11 is 0. The third kappa shape index (κ3) is 3.92. The minimum absolute atomic E-state index is 1.38. The number of halogens is 9. The van der Waals surface area contributed by atoms with Crippen molar-refractivity contribution in [2.45, 2.75) is 30.4 Å². The fourth-order valence-corrected chi connectivity index (χ4v) is 1.90. The third-order valence-electron chi connectivity index (χ3n) is 2.20. The minimum atomic E-state index is -7.05. The van der Waals surface area contributed by atoms with Crippen molar-refractivity contribution >= 4 is 9.84 Å². The number of rotatable bonds is 6. The van der Waals surface area contributed by atoms with E-state index < -0.39 is 51.8 Å². The van der Waals surface area contributed by atoms with Gasteiger partial charge in [0, 0.05) is 6.42 Å². The van der Waals surface area contributed by atoms with Crippen LogP contribution >= 0.6 is 0 Å². The summed E-state index contributed by atoms with van der Waals surface area (Å²) in [4.78, 5) is 2.26. The lowest BCUT2D eigenvalue weighted by molar-refractivity contribution is -0.396. The van der Waals surface area contributed by atoms with Crippen LogP contribution < -0.4 is 0 Å². The van der Waals surface area contributed by atoms with Crippen LogP contribution in [0.5, 0.6) is 0 Å². The molecule has 124 valence electrons. The van der Waals surface area contributed by atoms with Gasteiger partial charge in [0.15, 0.2) is 0 Å². The number of hydrogen-bond acceptors (Lipinski definition) is 2. The van der Waals surface area contributed by atoms with Gasteiger partial charge in [-0.2, -0.15) is 39.5 Å². The smallest absolute Gasteiger partial charge is 0.300 e. The van der Waals surface area contributed by atoms with Crippen LogP contribution in [0, 0.1) is 6.57 Å². The Hall–Kier alpha value is -1.19. The zero-order valence-corrected chi connectivity index (χ0v) is 10.5. The minimum Gasteiger partial charge on any atom is -0.300 e. The van der Waals surface area contributed by atoms with Crippen LogP contribution in [0.15, 0.2) is 0 Å². The predicted molar refractivity (Wildman–Crippen MR) is 50.8 cm³/mol. The Bertz CT molecular complexity index is 517. The highest BCUT2D eigenvalue weighted by Crippen LogP contribution is 2.54. The van der Waals surface area contributed by atoms with Gasteiger partial charge in [0.1, 0.15) is 0 Å². The lowest BCUT2D eigenvalue weighted by atomic mass is 10.0. The van der Waals surface area contributed by atoms with Gasteiger partial charge in [0.2, 0.25) is 9.84 Å². The maximum atomic E-state index is 12.9. The normalized spacial score (nSPS) is 14.9. The van der Waals surface area contributed by atoms with Crippen LogP contribution in [0.2, 0.25) is 0 Å². The van der Waals surface area contributed by atoms with Crippen molar-refractivity contribution < 1.29 is 47.9 Å². The molecule has 0 radical (unpaired) electrons. The first-order valence-corrected chi connectivity index (χ1v) is 6.58. The van der Waals surface area contributed by atoms with E-state index in [1.165, 1.54) is 0 Å². The van der Waals surface area contributed by atoms with Crippen molar-refractivity contribution in [3.8, 4) is 0 Å². The molecule has 0 fully saturated rings. The number of nitrogens with zero attached hydrogens (tertiary/aromatic N) is 1. The van der Waals surface area contributed by atoms with E-state index in [1.54, 1.807) is 0 Å². The number of sulfone groups is 1. The van der Waals surface area contributed by atoms with E-state index in [0.717, 1.165) is 0 Å². The molecule has 0 aliphatic carbocycles. The average Bonchev–Trinajstić information content (AvgIpc) is 2.24. The summed E-state index contributed by atoms with van der Waals surface area (Å²) in [6.45, 7) is 6.14. The molecule has 3 nitrogen and oxygen atoms in total. The third-order valence-corrected chi connectivity index (χ3v) is 3.55. The molecule has 0 atom stereocenters. The molecule has 0 heterocycles. The first-order chi connectivity index (χ1) is 9.02. The summed E-state index contributed by atoms with van der Waals surface area (Å²) in [5.41, 5.74) is 0. The van der Waals surface area contributed by atoms with Gasteiger partial charge < -0.3 is 0 Å². The van der Waals surface area contributed by atoms with E-state index in [4.69, 9.17) is 6.57 Å². The molecular formula is C8H6F9NO2S. The molecule has 0 unspecified atom stereocenters. The molecule has 0 spiro atoms. The second-order valence-corrected chi connectivity index (χ2v) is 5.99. The van der Waals surface area contributed by atoms with Crippen LogP contribution in [0.1, 0.15) is 6.42 Å². The van der Waals surface area contributed by atoms with Crippen molar-refractivity contribution in [2.75, 3.05) is 11.6 Å². The van der Waals surface area contributed by atoms with E-state index in [-0.39, 0.29) is 0 Å². The van der Waals surface area contributed by atoms with Crippen LogP contribution in [-0.4, -0.2) is 44.0 Å². The van der Waals surface area contributed by atoms with Crippen LogP contribution in [0.25, 0.3) is 4.85 Å². The molecule has 21 heavy (non-hydrogen) atoms. The van der Waals surface area contributed by atoms with E-state index in [1.807, 2.05) is 0 Å². The van der Waals surface area contributed by atoms with E-state index in [2.05, 4.69) is 4.85 Å². The summed E-state index contributed by atoms with van der Waals surface area (Å²) in [6.07, 6.45) is -9.43. The summed E-state index contributed by atoms with van der Waals surface area (Å²) < 4.78 is 133. The van der Waals surface area contributed by atoms with Gasteiger partial charge >= 0.3 is 29.8 Å². The van der Waals surface area contributed by atoms with Crippen LogP contribution in [0.3, 0.4) is 0 Å². The fourth-order valence-electron chi connectivity index (χ4n) is 1.01. The summed E-state index contributed by atoms with van der Waals surface area (Å²) in [7, 11) is -4.60. The SMILES string of the molecule is [C-]#[N+]CS(=O)(=O)CCC(F)(F)C(F)(F)C(F)(F)C(F)(F)F. The zero-order chi connectivity index (χ0) is 17.3. The molecule has 0 aromatic carbocycles. The largest absolute Gasteiger partial charge is 0.460 e. The quantitative estimate of drug-likeness (QED) is 0.545. The molecule has 0 aliphatic heterocycles. The van der Waals surface area contributed by atoms with Crippen molar-refractivity contribution in [1.82, 2.24) is 0 Å². The van der Waals surface area contributed by atoms with E-state index in [0.29, 0.717) is 0 Å². The molecular weight excluding hydrogens is 345 g/mol. The van der Waals surface area contributed by atoms with Crippen molar-refractivity contribution in [1.29, 1.82) is 0 Å². The molecule has 0 aromatic rings. The van der Waals surface area contributed by atoms with E-state index in [9.17, 15) is 47.9 Å². The van der Waals surface area contributed by atoms with Gasteiger partial charge in [-0.25, -0.2) is 15.0 Å². The van der Waals surface area contributed by atoms with Gasteiger partial charge in [-0.1, -0.05) is 0 Å². The first-order valence-electron chi connectivity index (χ1n) is 4.75. The Kier molecular flexibility index (Phi) is 5.23. The maximum Gasteiger partial charge on any atom is 0.460 e. The van der Waals surface area contributed by atoms with Gasteiger partial charge in [-0.15, -0.1) is 0 Å². The monoisotopic (exact) mass is 351 g/mol.